The molecule has 5 nitrogen and oxygen atoms in total. The molecule has 1 aromatic rings. The number of carboxylic acid groups (broad SMARTS) is 1. The molecule has 2 rings (SSSR count). The zero-order valence-electron chi connectivity index (χ0n) is 11.3. The molecule has 1 saturated carbocycles. The summed E-state index contributed by atoms with van der Waals surface area (Å²) >= 11 is 0. The number of rotatable bonds is 5. The first kappa shape index (κ1) is 14.4. The summed E-state index contributed by atoms with van der Waals surface area (Å²) in [4.78, 5) is 22.7. The summed E-state index contributed by atoms with van der Waals surface area (Å²) in [7, 11) is 0. The first-order valence-corrected chi connectivity index (χ1v) is 6.91. The second-order valence-electron chi connectivity index (χ2n) is 5.00. The molecule has 0 heterocycles. The van der Waals surface area contributed by atoms with Gasteiger partial charge in [0.2, 0.25) is 5.91 Å². The molecule has 0 atom stereocenters. The van der Waals surface area contributed by atoms with Crippen molar-refractivity contribution in [3.63, 3.8) is 0 Å². The van der Waals surface area contributed by atoms with Crippen LogP contribution < -0.4 is 10.1 Å². The van der Waals surface area contributed by atoms with Crippen molar-refractivity contribution < 1.29 is 19.4 Å². The summed E-state index contributed by atoms with van der Waals surface area (Å²) in [6.07, 6.45) is 5.22. The molecule has 0 spiro atoms. The third-order valence-corrected chi connectivity index (χ3v) is 3.47. The number of carbonyl (C=O) groups excluding carboxylic acids is 1. The van der Waals surface area contributed by atoms with Gasteiger partial charge < -0.3 is 15.2 Å². The third kappa shape index (κ3) is 3.98. The number of carbonyl (C=O) groups is 2. The number of hydrogen-bond donors (Lipinski definition) is 2. The maximum absolute atomic E-state index is 12.2. The lowest BCUT2D eigenvalue weighted by Crippen LogP contribution is -2.25. The van der Waals surface area contributed by atoms with Crippen LogP contribution in [0.1, 0.15) is 32.1 Å². The second kappa shape index (κ2) is 6.93. The van der Waals surface area contributed by atoms with Gasteiger partial charge >= 0.3 is 5.97 Å². The van der Waals surface area contributed by atoms with E-state index in [9.17, 15) is 9.59 Å². The van der Waals surface area contributed by atoms with Gasteiger partial charge in [0, 0.05) is 5.92 Å². The number of ether oxygens (including phenoxy) is 1. The van der Waals surface area contributed by atoms with Gasteiger partial charge in [0.05, 0.1) is 5.69 Å². The first-order valence-electron chi connectivity index (χ1n) is 6.91. The Morgan fingerprint density at radius 1 is 1.20 bits per heavy atom. The van der Waals surface area contributed by atoms with Crippen molar-refractivity contribution in [3.05, 3.63) is 24.3 Å². The lowest BCUT2D eigenvalue weighted by molar-refractivity contribution is -0.139. The highest BCUT2D eigenvalue weighted by molar-refractivity contribution is 5.94. The van der Waals surface area contributed by atoms with Crippen molar-refractivity contribution in [2.45, 2.75) is 32.1 Å². The topological polar surface area (TPSA) is 75.6 Å². The molecule has 20 heavy (non-hydrogen) atoms. The van der Waals surface area contributed by atoms with Crippen LogP contribution in [0.15, 0.2) is 24.3 Å². The van der Waals surface area contributed by atoms with Crippen molar-refractivity contribution in [3.8, 4) is 5.75 Å². The number of benzene rings is 1. The Bertz CT molecular complexity index is 481. The highest BCUT2D eigenvalue weighted by Gasteiger charge is 2.21. The summed E-state index contributed by atoms with van der Waals surface area (Å²) in [6.45, 7) is -0.420. The molecule has 0 aromatic heterocycles. The second-order valence-corrected chi connectivity index (χ2v) is 5.00. The molecule has 0 bridgehead atoms. The molecule has 2 N–H and O–H groups in total. The van der Waals surface area contributed by atoms with E-state index in [0.29, 0.717) is 11.4 Å². The van der Waals surface area contributed by atoms with Crippen LogP contribution in [0.3, 0.4) is 0 Å². The van der Waals surface area contributed by atoms with E-state index in [1.807, 2.05) is 0 Å². The van der Waals surface area contributed by atoms with Gasteiger partial charge in [-0.15, -0.1) is 0 Å². The Morgan fingerprint density at radius 3 is 2.60 bits per heavy atom. The Balaban J connectivity index is 2.00. The van der Waals surface area contributed by atoms with Crippen LogP contribution in [0, 0.1) is 5.92 Å². The minimum atomic E-state index is -1.04. The average Bonchev–Trinajstić information content (AvgIpc) is 2.47. The van der Waals surface area contributed by atoms with E-state index < -0.39 is 12.6 Å². The van der Waals surface area contributed by atoms with Crippen LogP contribution in [-0.4, -0.2) is 23.6 Å². The standard InChI is InChI=1S/C15H19NO4/c17-14(18)10-20-13-9-5-4-8-12(13)16-15(19)11-6-2-1-3-7-11/h4-5,8-9,11H,1-3,6-7,10H2,(H,16,19)(H,17,18). The molecule has 1 aromatic carbocycles. The minimum absolute atomic E-state index is 0.00363. The maximum Gasteiger partial charge on any atom is 0.341 e. The van der Waals surface area contributed by atoms with Crippen LogP contribution in [0.25, 0.3) is 0 Å². The smallest absolute Gasteiger partial charge is 0.341 e. The predicted molar refractivity (Wildman–Crippen MR) is 74.8 cm³/mol. The SMILES string of the molecule is O=C(O)COc1ccccc1NC(=O)C1CCCCC1. The highest BCUT2D eigenvalue weighted by atomic mass is 16.5. The van der Waals surface area contributed by atoms with Gasteiger partial charge in [0.25, 0.3) is 0 Å². The summed E-state index contributed by atoms with van der Waals surface area (Å²) < 4.78 is 5.17. The molecule has 1 aliphatic rings. The van der Waals surface area contributed by atoms with E-state index in [-0.39, 0.29) is 11.8 Å². The van der Waals surface area contributed by atoms with E-state index in [0.717, 1.165) is 25.7 Å². The van der Waals surface area contributed by atoms with E-state index in [2.05, 4.69) is 5.32 Å². The first-order chi connectivity index (χ1) is 9.66. The fourth-order valence-electron chi connectivity index (χ4n) is 2.43. The molecule has 0 aliphatic heterocycles. The monoisotopic (exact) mass is 277 g/mol. The molecule has 1 fully saturated rings. The average molecular weight is 277 g/mol. The Morgan fingerprint density at radius 2 is 1.90 bits per heavy atom. The van der Waals surface area contributed by atoms with Crippen molar-refractivity contribution >= 4 is 17.6 Å². The van der Waals surface area contributed by atoms with Gasteiger partial charge in [-0.3, -0.25) is 4.79 Å². The summed E-state index contributed by atoms with van der Waals surface area (Å²) in [6, 6.07) is 6.90. The molecule has 0 saturated heterocycles. The summed E-state index contributed by atoms with van der Waals surface area (Å²) in [5.41, 5.74) is 0.532. The normalized spacial score (nSPS) is 15.6. The van der Waals surface area contributed by atoms with Crippen LogP contribution in [0.5, 0.6) is 5.75 Å². The van der Waals surface area contributed by atoms with Gasteiger partial charge in [-0.05, 0) is 25.0 Å². The molecule has 1 amide bonds. The van der Waals surface area contributed by atoms with Gasteiger partial charge in [-0.25, -0.2) is 4.79 Å². The fraction of sp³-hybridized carbons (Fsp3) is 0.467. The third-order valence-electron chi connectivity index (χ3n) is 3.47. The Hall–Kier alpha value is -2.04. The largest absolute Gasteiger partial charge is 0.480 e. The number of para-hydroxylation sites is 2. The maximum atomic E-state index is 12.2. The number of amides is 1. The van der Waals surface area contributed by atoms with E-state index >= 15 is 0 Å². The number of nitrogens with one attached hydrogen (secondary N) is 1. The molecule has 108 valence electrons. The lowest BCUT2D eigenvalue weighted by atomic mass is 9.88. The van der Waals surface area contributed by atoms with Crippen molar-refractivity contribution in [2.24, 2.45) is 5.92 Å². The van der Waals surface area contributed by atoms with E-state index in [1.54, 1.807) is 24.3 Å². The quantitative estimate of drug-likeness (QED) is 0.867. The lowest BCUT2D eigenvalue weighted by Gasteiger charge is -2.21. The van der Waals surface area contributed by atoms with Gasteiger partial charge in [0.1, 0.15) is 5.75 Å². The molecule has 0 unspecified atom stereocenters. The number of aliphatic carboxylic acids is 1. The molecule has 1 aliphatic carbocycles. The van der Waals surface area contributed by atoms with Crippen LogP contribution in [0.2, 0.25) is 0 Å². The Labute approximate surface area is 117 Å². The number of anilines is 1. The molecular weight excluding hydrogens is 258 g/mol. The van der Waals surface area contributed by atoms with Crippen LogP contribution >= 0.6 is 0 Å². The van der Waals surface area contributed by atoms with Crippen LogP contribution in [0.4, 0.5) is 5.69 Å². The van der Waals surface area contributed by atoms with Gasteiger partial charge in [-0.2, -0.15) is 0 Å². The number of hydrogen-bond acceptors (Lipinski definition) is 3. The molecule has 5 heteroatoms. The zero-order chi connectivity index (χ0) is 14.4. The highest BCUT2D eigenvalue weighted by Crippen LogP contribution is 2.28. The molecule has 0 radical (unpaired) electrons. The summed E-state index contributed by atoms with van der Waals surface area (Å²) in [5.74, 6) is -0.607. The van der Waals surface area contributed by atoms with Crippen molar-refractivity contribution in [2.75, 3.05) is 11.9 Å². The van der Waals surface area contributed by atoms with E-state index in [1.165, 1.54) is 6.42 Å². The Kier molecular flexibility index (Phi) is 4.98. The van der Waals surface area contributed by atoms with Crippen LogP contribution in [-0.2, 0) is 9.59 Å². The zero-order valence-corrected chi connectivity index (χ0v) is 11.3. The molecular formula is C15H19NO4. The van der Waals surface area contributed by atoms with Crippen molar-refractivity contribution in [1.82, 2.24) is 0 Å². The number of carboxylic acids is 1. The minimum Gasteiger partial charge on any atom is -0.480 e. The fourth-order valence-corrected chi connectivity index (χ4v) is 2.43. The predicted octanol–water partition coefficient (Wildman–Crippen LogP) is 2.67. The van der Waals surface area contributed by atoms with Crippen molar-refractivity contribution in [1.29, 1.82) is 0 Å². The van der Waals surface area contributed by atoms with Gasteiger partial charge in [-0.1, -0.05) is 31.4 Å². The van der Waals surface area contributed by atoms with E-state index in [4.69, 9.17) is 9.84 Å². The van der Waals surface area contributed by atoms with Gasteiger partial charge in [0.15, 0.2) is 6.61 Å². The summed E-state index contributed by atoms with van der Waals surface area (Å²) in [5, 5.41) is 11.5.